The van der Waals surface area contributed by atoms with Crippen LogP contribution >= 0.6 is 12.2 Å². The molecule has 0 aliphatic carbocycles. The van der Waals surface area contributed by atoms with Crippen molar-refractivity contribution in [3.8, 4) is 0 Å². The number of hydrogen-bond donors (Lipinski definition) is 3. The first kappa shape index (κ1) is 16.8. The first-order chi connectivity index (χ1) is 12.1. The van der Waals surface area contributed by atoms with Crippen LogP contribution in [0.15, 0.2) is 71.7 Å². The van der Waals surface area contributed by atoms with Crippen molar-refractivity contribution < 1.29 is 4.79 Å². The van der Waals surface area contributed by atoms with Crippen LogP contribution in [0.2, 0.25) is 0 Å². The Balaban J connectivity index is 2.07. The highest BCUT2D eigenvalue weighted by Gasteiger charge is 2.34. The SMILES string of the molecule is CC1=C(C(=O)Nc2ccccc2)C(c2cccnc2)C(=C=N)C(=S)N1. The van der Waals surface area contributed by atoms with Gasteiger partial charge < -0.3 is 10.6 Å². The number of nitrogens with zero attached hydrogens (tertiary/aromatic N) is 1. The van der Waals surface area contributed by atoms with Crippen LogP contribution in [-0.2, 0) is 4.79 Å². The monoisotopic (exact) mass is 348 g/mol. The molecule has 0 saturated carbocycles. The molecular weight excluding hydrogens is 332 g/mol. The van der Waals surface area contributed by atoms with Gasteiger partial charge in [0, 0.05) is 29.4 Å². The zero-order chi connectivity index (χ0) is 17.8. The molecule has 0 bridgehead atoms. The average molecular weight is 348 g/mol. The van der Waals surface area contributed by atoms with Gasteiger partial charge in [-0.25, -0.2) is 0 Å². The van der Waals surface area contributed by atoms with Crippen molar-refractivity contribution in [1.82, 2.24) is 10.3 Å². The fourth-order valence-corrected chi connectivity index (χ4v) is 3.15. The van der Waals surface area contributed by atoms with Crippen LogP contribution < -0.4 is 10.6 Å². The summed E-state index contributed by atoms with van der Waals surface area (Å²) >= 11 is 5.33. The van der Waals surface area contributed by atoms with Crippen LogP contribution in [0.4, 0.5) is 5.69 Å². The van der Waals surface area contributed by atoms with Gasteiger partial charge in [0.1, 0.15) is 4.99 Å². The molecule has 0 saturated heterocycles. The van der Waals surface area contributed by atoms with E-state index in [9.17, 15) is 4.79 Å². The summed E-state index contributed by atoms with van der Waals surface area (Å²) in [4.78, 5) is 17.5. The fourth-order valence-electron chi connectivity index (χ4n) is 2.83. The molecule has 3 rings (SSSR count). The molecule has 0 radical (unpaired) electrons. The molecule has 2 aromatic rings. The number of thiocarbonyl (C=S) groups is 1. The Hall–Kier alpha value is -3.08. The number of benzene rings is 1. The number of allylic oxidation sites excluding steroid dienone is 1. The van der Waals surface area contributed by atoms with Crippen molar-refractivity contribution in [2.75, 3.05) is 5.32 Å². The van der Waals surface area contributed by atoms with Crippen LogP contribution in [-0.4, -0.2) is 21.7 Å². The molecular formula is C19H16N4OS. The van der Waals surface area contributed by atoms with E-state index < -0.39 is 5.92 Å². The Labute approximate surface area is 151 Å². The molecule has 1 aromatic carbocycles. The van der Waals surface area contributed by atoms with Crippen molar-refractivity contribution in [3.63, 3.8) is 0 Å². The number of carbonyl (C=O) groups excluding carboxylic acids is 1. The van der Waals surface area contributed by atoms with Gasteiger partial charge in [0.2, 0.25) is 0 Å². The van der Waals surface area contributed by atoms with E-state index in [2.05, 4.69) is 21.5 Å². The van der Waals surface area contributed by atoms with Crippen molar-refractivity contribution >= 4 is 34.7 Å². The summed E-state index contributed by atoms with van der Waals surface area (Å²) in [6, 6.07) is 12.9. The van der Waals surface area contributed by atoms with E-state index in [-0.39, 0.29) is 5.91 Å². The molecule has 3 N–H and O–H groups in total. The molecule has 2 heterocycles. The van der Waals surface area contributed by atoms with Crippen LogP contribution in [0, 0.1) is 5.41 Å². The number of anilines is 1. The summed E-state index contributed by atoms with van der Waals surface area (Å²) in [5, 5.41) is 13.5. The number of carbonyl (C=O) groups is 1. The number of amides is 1. The minimum Gasteiger partial charge on any atom is -0.349 e. The van der Waals surface area contributed by atoms with E-state index >= 15 is 0 Å². The molecule has 0 spiro atoms. The Bertz CT molecular complexity index is 900. The highest BCUT2D eigenvalue weighted by molar-refractivity contribution is 7.80. The van der Waals surface area contributed by atoms with Crippen LogP contribution in [0.25, 0.3) is 0 Å². The Morgan fingerprint density at radius 3 is 2.68 bits per heavy atom. The molecule has 1 aromatic heterocycles. The highest BCUT2D eigenvalue weighted by atomic mass is 32.1. The topological polar surface area (TPSA) is 77.9 Å². The molecule has 124 valence electrons. The Kier molecular flexibility index (Phi) is 4.84. The maximum absolute atomic E-state index is 13.0. The minimum absolute atomic E-state index is 0.250. The van der Waals surface area contributed by atoms with Crippen LogP contribution in [0.5, 0.6) is 0 Å². The van der Waals surface area contributed by atoms with Gasteiger partial charge in [-0.15, -0.1) is 0 Å². The van der Waals surface area contributed by atoms with Crippen molar-refractivity contribution in [2.24, 2.45) is 0 Å². The summed E-state index contributed by atoms with van der Waals surface area (Å²) in [6.45, 7) is 1.80. The quantitative estimate of drug-likeness (QED) is 0.452. The third kappa shape index (κ3) is 3.40. The summed E-state index contributed by atoms with van der Waals surface area (Å²) in [7, 11) is 0. The second kappa shape index (κ2) is 7.21. The van der Waals surface area contributed by atoms with Crippen LogP contribution in [0.3, 0.4) is 0 Å². The number of hydrogen-bond acceptors (Lipinski definition) is 4. The molecule has 25 heavy (non-hydrogen) atoms. The van der Waals surface area contributed by atoms with Gasteiger partial charge in [0.25, 0.3) is 5.91 Å². The third-order valence-corrected chi connectivity index (χ3v) is 4.28. The summed E-state index contributed by atoms with van der Waals surface area (Å²) in [5.74, 6) is 1.66. The third-order valence-electron chi connectivity index (χ3n) is 3.96. The average Bonchev–Trinajstić information content (AvgIpc) is 2.62. The van der Waals surface area contributed by atoms with Gasteiger partial charge in [-0.05, 0) is 36.6 Å². The second-order valence-corrected chi connectivity index (χ2v) is 5.98. The minimum atomic E-state index is -0.483. The van der Waals surface area contributed by atoms with Gasteiger partial charge in [0.15, 0.2) is 0 Å². The molecule has 5 nitrogen and oxygen atoms in total. The highest BCUT2D eigenvalue weighted by Crippen LogP contribution is 2.36. The lowest BCUT2D eigenvalue weighted by molar-refractivity contribution is -0.113. The van der Waals surface area contributed by atoms with Crippen molar-refractivity contribution in [1.29, 1.82) is 5.41 Å². The smallest absolute Gasteiger partial charge is 0.254 e. The zero-order valence-electron chi connectivity index (χ0n) is 13.5. The van der Waals surface area contributed by atoms with E-state index in [0.717, 1.165) is 5.56 Å². The van der Waals surface area contributed by atoms with Crippen molar-refractivity contribution in [2.45, 2.75) is 12.8 Å². The van der Waals surface area contributed by atoms with Crippen LogP contribution in [0.1, 0.15) is 18.4 Å². The molecule has 1 aliphatic heterocycles. The number of rotatable bonds is 3. The van der Waals surface area contributed by atoms with E-state index in [0.29, 0.717) is 27.5 Å². The van der Waals surface area contributed by atoms with Gasteiger partial charge in [-0.2, -0.15) is 0 Å². The second-order valence-electron chi connectivity index (χ2n) is 5.57. The maximum Gasteiger partial charge on any atom is 0.254 e. The first-order valence-corrected chi connectivity index (χ1v) is 8.10. The van der Waals surface area contributed by atoms with E-state index in [4.69, 9.17) is 17.6 Å². The number of pyridine rings is 1. The maximum atomic E-state index is 13.0. The normalized spacial score (nSPS) is 16.9. The molecule has 1 amide bonds. The van der Waals surface area contributed by atoms with E-state index in [1.54, 1.807) is 25.4 Å². The van der Waals surface area contributed by atoms with Crippen molar-refractivity contribution in [3.05, 3.63) is 77.3 Å². The molecule has 6 heteroatoms. The Morgan fingerprint density at radius 1 is 1.28 bits per heavy atom. The standard InChI is InChI=1S/C19H16N4OS/c1-12-16(18(24)23-14-7-3-2-4-8-14)17(13-6-5-9-21-11-13)15(10-20)19(25)22-12/h2-9,11,17,20H,1H3,(H,22,25)(H,23,24). The predicted molar refractivity (Wildman–Crippen MR) is 102 cm³/mol. The van der Waals surface area contributed by atoms with E-state index in [1.807, 2.05) is 36.4 Å². The fraction of sp³-hybridized carbons (Fsp3) is 0.105. The number of aromatic nitrogens is 1. The molecule has 0 fully saturated rings. The molecule has 1 unspecified atom stereocenters. The zero-order valence-corrected chi connectivity index (χ0v) is 14.4. The first-order valence-electron chi connectivity index (χ1n) is 7.70. The summed E-state index contributed by atoms with van der Waals surface area (Å²) in [5.41, 5.74) is 3.10. The van der Waals surface area contributed by atoms with Gasteiger partial charge in [0.05, 0.1) is 11.5 Å². The number of nitrogens with one attached hydrogen (secondary N) is 3. The molecule has 1 aliphatic rings. The van der Waals surface area contributed by atoms with Gasteiger partial charge in [-0.1, -0.05) is 36.5 Å². The predicted octanol–water partition coefficient (Wildman–Crippen LogP) is 3.18. The molecule has 1 atom stereocenters. The van der Waals surface area contributed by atoms with E-state index in [1.165, 1.54) is 0 Å². The summed E-state index contributed by atoms with van der Waals surface area (Å²) < 4.78 is 0. The largest absolute Gasteiger partial charge is 0.349 e. The lowest BCUT2D eigenvalue weighted by Gasteiger charge is -2.29. The lowest BCUT2D eigenvalue weighted by atomic mass is 9.82. The van der Waals surface area contributed by atoms with Gasteiger partial charge in [-0.3, -0.25) is 15.2 Å². The lowest BCUT2D eigenvalue weighted by Crippen LogP contribution is -2.36. The Morgan fingerprint density at radius 2 is 2.04 bits per heavy atom. The van der Waals surface area contributed by atoms with Gasteiger partial charge >= 0.3 is 0 Å². The summed E-state index contributed by atoms with van der Waals surface area (Å²) in [6.07, 6.45) is 3.34. The number of para-hydroxylation sites is 1.